The quantitative estimate of drug-likeness (QED) is 0.774. The SMILES string of the molecule is CN(C(=O)C1CC1)[C@H]1CCN(C(=O)c2ccc(NCc3ccc(N)nc3)nc2)C1. The van der Waals surface area contributed by atoms with Gasteiger partial charge in [0.15, 0.2) is 0 Å². The summed E-state index contributed by atoms with van der Waals surface area (Å²) in [6, 6.07) is 7.35. The Labute approximate surface area is 170 Å². The molecule has 1 aliphatic carbocycles. The van der Waals surface area contributed by atoms with Crippen molar-refractivity contribution in [2.75, 3.05) is 31.2 Å². The van der Waals surface area contributed by atoms with Crippen molar-refractivity contribution < 1.29 is 9.59 Å². The zero-order valence-electron chi connectivity index (χ0n) is 16.5. The van der Waals surface area contributed by atoms with Crippen LogP contribution in [0.15, 0.2) is 36.7 Å². The molecule has 1 aliphatic heterocycles. The lowest BCUT2D eigenvalue weighted by Gasteiger charge is -2.25. The predicted molar refractivity (Wildman–Crippen MR) is 110 cm³/mol. The average molecular weight is 394 g/mol. The maximum absolute atomic E-state index is 12.8. The standard InChI is InChI=1S/C21H26N6O2/c1-26(20(28)15-3-4-15)17-8-9-27(13-17)21(29)16-5-7-19(25-12-16)24-11-14-2-6-18(22)23-10-14/h2,5-7,10,12,15,17H,3-4,8-9,11,13H2,1H3,(H2,22,23)(H,24,25)/t17-/m0/s1. The number of likely N-dealkylation sites (tertiary alicyclic amines) is 1. The van der Waals surface area contributed by atoms with Crippen molar-refractivity contribution in [2.45, 2.75) is 31.8 Å². The largest absolute Gasteiger partial charge is 0.384 e. The topological polar surface area (TPSA) is 104 Å². The van der Waals surface area contributed by atoms with Crippen molar-refractivity contribution in [3.05, 3.63) is 47.8 Å². The Morgan fingerprint density at radius 1 is 1.17 bits per heavy atom. The zero-order chi connectivity index (χ0) is 20.4. The minimum absolute atomic E-state index is 0.0402. The van der Waals surface area contributed by atoms with Crippen LogP contribution in [0.5, 0.6) is 0 Å². The van der Waals surface area contributed by atoms with Crippen LogP contribution in [0.1, 0.15) is 35.2 Å². The minimum Gasteiger partial charge on any atom is -0.384 e. The van der Waals surface area contributed by atoms with Crippen LogP contribution < -0.4 is 11.1 Å². The molecule has 8 nitrogen and oxygen atoms in total. The molecule has 1 saturated carbocycles. The van der Waals surface area contributed by atoms with Crippen LogP contribution in [0.25, 0.3) is 0 Å². The van der Waals surface area contributed by atoms with Gasteiger partial charge in [-0.2, -0.15) is 0 Å². The van der Waals surface area contributed by atoms with E-state index >= 15 is 0 Å². The molecule has 3 N–H and O–H groups in total. The van der Waals surface area contributed by atoms with Crippen LogP contribution in [0.2, 0.25) is 0 Å². The van der Waals surface area contributed by atoms with E-state index in [9.17, 15) is 9.59 Å². The summed E-state index contributed by atoms with van der Waals surface area (Å²) in [5.41, 5.74) is 7.14. The lowest BCUT2D eigenvalue weighted by atomic mass is 10.2. The maximum Gasteiger partial charge on any atom is 0.255 e. The third-order valence-corrected chi connectivity index (χ3v) is 5.60. The molecule has 1 atom stereocenters. The van der Waals surface area contributed by atoms with Crippen molar-refractivity contribution in [3.63, 3.8) is 0 Å². The van der Waals surface area contributed by atoms with Gasteiger partial charge in [-0.05, 0) is 43.0 Å². The second-order valence-corrected chi connectivity index (χ2v) is 7.79. The Balaban J connectivity index is 1.31. The molecule has 0 bridgehead atoms. The molecule has 0 unspecified atom stereocenters. The number of amides is 2. The smallest absolute Gasteiger partial charge is 0.255 e. The molecule has 3 heterocycles. The van der Waals surface area contributed by atoms with Crippen LogP contribution in [-0.4, -0.2) is 57.8 Å². The number of carbonyl (C=O) groups excluding carboxylic acids is 2. The van der Waals surface area contributed by atoms with Crippen LogP contribution in [0, 0.1) is 5.92 Å². The minimum atomic E-state index is -0.0402. The van der Waals surface area contributed by atoms with Crippen LogP contribution in [-0.2, 0) is 11.3 Å². The van der Waals surface area contributed by atoms with Gasteiger partial charge in [0.05, 0.1) is 11.6 Å². The van der Waals surface area contributed by atoms with Gasteiger partial charge in [0.2, 0.25) is 5.91 Å². The summed E-state index contributed by atoms with van der Waals surface area (Å²) in [6.07, 6.45) is 6.13. The summed E-state index contributed by atoms with van der Waals surface area (Å²) in [5.74, 6) is 1.56. The molecular weight excluding hydrogens is 368 g/mol. The van der Waals surface area contributed by atoms with Gasteiger partial charge in [-0.25, -0.2) is 9.97 Å². The van der Waals surface area contributed by atoms with E-state index in [4.69, 9.17) is 5.73 Å². The van der Waals surface area contributed by atoms with Crippen molar-refractivity contribution in [1.82, 2.24) is 19.8 Å². The van der Waals surface area contributed by atoms with Crippen LogP contribution >= 0.6 is 0 Å². The molecule has 1 saturated heterocycles. The van der Waals surface area contributed by atoms with Crippen molar-refractivity contribution in [3.8, 4) is 0 Å². The lowest BCUT2D eigenvalue weighted by Crippen LogP contribution is -2.40. The first-order valence-corrected chi connectivity index (χ1v) is 9.97. The van der Waals surface area contributed by atoms with E-state index in [2.05, 4.69) is 15.3 Å². The number of hydrogen-bond donors (Lipinski definition) is 2. The van der Waals surface area contributed by atoms with Crippen LogP contribution in [0.3, 0.4) is 0 Å². The van der Waals surface area contributed by atoms with Crippen molar-refractivity contribution in [1.29, 1.82) is 0 Å². The summed E-state index contributed by atoms with van der Waals surface area (Å²) >= 11 is 0. The molecule has 0 spiro atoms. The van der Waals surface area contributed by atoms with E-state index in [1.165, 1.54) is 0 Å². The lowest BCUT2D eigenvalue weighted by molar-refractivity contribution is -0.133. The fourth-order valence-electron chi connectivity index (χ4n) is 3.58. The number of nitrogens with zero attached hydrogens (tertiary/aromatic N) is 4. The summed E-state index contributed by atoms with van der Waals surface area (Å²) in [4.78, 5) is 37.1. The van der Waals surface area contributed by atoms with Gasteiger partial charge >= 0.3 is 0 Å². The molecule has 2 aromatic rings. The summed E-state index contributed by atoms with van der Waals surface area (Å²) < 4.78 is 0. The van der Waals surface area contributed by atoms with E-state index in [1.54, 1.807) is 30.6 Å². The molecule has 0 aromatic carbocycles. The van der Waals surface area contributed by atoms with Gasteiger partial charge in [0, 0.05) is 45.0 Å². The number of nitrogens with two attached hydrogens (primary N) is 1. The maximum atomic E-state index is 12.8. The first-order valence-electron chi connectivity index (χ1n) is 9.97. The summed E-state index contributed by atoms with van der Waals surface area (Å²) in [5, 5.41) is 3.21. The van der Waals surface area contributed by atoms with Gasteiger partial charge < -0.3 is 20.9 Å². The number of carbonyl (C=O) groups is 2. The third-order valence-electron chi connectivity index (χ3n) is 5.60. The normalized spacial score (nSPS) is 18.5. The highest BCUT2D eigenvalue weighted by Crippen LogP contribution is 2.32. The van der Waals surface area contributed by atoms with E-state index in [0.717, 1.165) is 24.8 Å². The van der Waals surface area contributed by atoms with Gasteiger partial charge in [0.1, 0.15) is 11.6 Å². The van der Waals surface area contributed by atoms with Gasteiger partial charge in [-0.3, -0.25) is 9.59 Å². The van der Waals surface area contributed by atoms with E-state index in [0.29, 0.717) is 36.8 Å². The zero-order valence-corrected chi connectivity index (χ0v) is 16.5. The van der Waals surface area contributed by atoms with Gasteiger partial charge in [0.25, 0.3) is 5.91 Å². The van der Waals surface area contributed by atoms with Crippen LogP contribution in [0.4, 0.5) is 11.6 Å². The number of hydrogen-bond acceptors (Lipinski definition) is 6. The Bertz CT molecular complexity index is 879. The average Bonchev–Trinajstić information content (AvgIpc) is 3.48. The number of aromatic nitrogens is 2. The monoisotopic (exact) mass is 394 g/mol. The Morgan fingerprint density at radius 3 is 2.66 bits per heavy atom. The number of pyridine rings is 2. The molecule has 2 amide bonds. The third kappa shape index (κ3) is 4.47. The van der Waals surface area contributed by atoms with Gasteiger partial charge in [-0.1, -0.05) is 6.07 Å². The number of nitrogen functional groups attached to an aromatic ring is 1. The van der Waals surface area contributed by atoms with E-state index < -0.39 is 0 Å². The molecule has 29 heavy (non-hydrogen) atoms. The molecule has 2 aliphatic rings. The fraction of sp³-hybridized carbons (Fsp3) is 0.429. The number of rotatable bonds is 6. The van der Waals surface area contributed by atoms with E-state index in [1.807, 2.05) is 22.9 Å². The molecule has 0 radical (unpaired) electrons. The highest BCUT2D eigenvalue weighted by Gasteiger charge is 2.37. The summed E-state index contributed by atoms with van der Waals surface area (Å²) in [7, 11) is 1.86. The second-order valence-electron chi connectivity index (χ2n) is 7.79. The Kier molecular flexibility index (Phi) is 5.33. The predicted octanol–water partition coefficient (Wildman–Crippen LogP) is 1.75. The Hall–Kier alpha value is -3.16. The number of likely N-dealkylation sites (N-methyl/N-ethyl adjacent to an activating group) is 1. The molecule has 8 heteroatoms. The summed E-state index contributed by atoms with van der Waals surface area (Å²) in [6.45, 7) is 1.82. The van der Waals surface area contributed by atoms with Gasteiger partial charge in [-0.15, -0.1) is 0 Å². The molecular formula is C21H26N6O2. The first kappa shape index (κ1) is 19.2. The van der Waals surface area contributed by atoms with Crippen molar-refractivity contribution in [2.24, 2.45) is 5.92 Å². The number of anilines is 2. The first-order chi connectivity index (χ1) is 14.0. The molecule has 2 fully saturated rings. The van der Waals surface area contributed by atoms with E-state index in [-0.39, 0.29) is 23.8 Å². The second kappa shape index (κ2) is 8.06. The fourth-order valence-corrected chi connectivity index (χ4v) is 3.58. The highest BCUT2D eigenvalue weighted by molar-refractivity contribution is 5.94. The van der Waals surface area contributed by atoms with Crippen molar-refractivity contribution >= 4 is 23.5 Å². The molecule has 2 aromatic heterocycles. The molecule has 152 valence electrons. The molecule has 4 rings (SSSR count). The highest BCUT2D eigenvalue weighted by atomic mass is 16.2. The number of nitrogens with one attached hydrogen (secondary N) is 1. The Morgan fingerprint density at radius 2 is 2.00 bits per heavy atom.